The molecule has 0 unspecified atom stereocenters. The molecule has 0 radical (unpaired) electrons. The molecule has 2 aromatic heterocycles. The Balaban J connectivity index is 1.98. The van der Waals surface area contributed by atoms with E-state index in [0.717, 1.165) is 22.3 Å². The first kappa shape index (κ1) is 14.1. The molecule has 0 fully saturated rings. The normalized spacial score (nSPS) is 11.2. The molecule has 2 aromatic carbocycles. The maximum absolute atomic E-state index is 11.2. The van der Waals surface area contributed by atoms with Crippen molar-refractivity contribution in [2.75, 3.05) is 7.11 Å². The highest BCUT2D eigenvalue weighted by molar-refractivity contribution is 6.05. The predicted octanol–water partition coefficient (Wildman–Crippen LogP) is 3.94. The lowest BCUT2D eigenvalue weighted by molar-refractivity contribution is -0.383. The largest absolute Gasteiger partial charge is 0.497 e. The molecule has 0 aliphatic rings. The van der Waals surface area contributed by atoms with E-state index in [-0.39, 0.29) is 11.6 Å². The van der Waals surface area contributed by atoms with Gasteiger partial charge in [-0.25, -0.2) is 0 Å². The van der Waals surface area contributed by atoms with Crippen molar-refractivity contribution in [1.82, 2.24) is 9.97 Å². The summed E-state index contributed by atoms with van der Waals surface area (Å²) in [4.78, 5) is 16.6. The van der Waals surface area contributed by atoms with Gasteiger partial charge < -0.3 is 19.8 Å². The number of nitrogens with zero attached hydrogens (tertiary/aromatic N) is 1. The average molecular weight is 323 g/mol. The molecule has 2 heterocycles. The van der Waals surface area contributed by atoms with Crippen LogP contribution in [0.3, 0.4) is 0 Å². The number of aromatic hydroxyl groups is 1. The zero-order valence-electron chi connectivity index (χ0n) is 12.7. The van der Waals surface area contributed by atoms with Gasteiger partial charge in [-0.2, -0.15) is 0 Å². The van der Waals surface area contributed by atoms with Crippen molar-refractivity contribution < 1.29 is 14.8 Å². The van der Waals surface area contributed by atoms with E-state index in [2.05, 4.69) is 9.97 Å². The van der Waals surface area contributed by atoms with Gasteiger partial charge in [0.1, 0.15) is 5.75 Å². The molecule has 120 valence electrons. The fourth-order valence-corrected chi connectivity index (χ4v) is 2.99. The molecule has 0 aliphatic carbocycles. The maximum atomic E-state index is 11.2. The molecule has 0 saturated heterocycles. The van der Waals surface area contributed by atoms with Crippen molar-refractivity contribution in [3.05, 3.63) is 52.7 Å². The van der Waals surface area contributed by atoms with E-state index in [1.807, 2.05) is 24.3 Å². The van der Waals surface area contributed by atoms with Gasteiger partial charge in [-0.3, -0.25) is 10.1 Å². The van der Waals surface area contributed by atoms with Crippen LogP contribution < -0.4 is 4.74 Å². The molecule has 0 atom stereocenters. The van der Waals surface area contributed by atoms with Crippen LogP contribution in [0.15, 0.2) is 42.6 Å². The summed E-state index contributed by atoms with van der Waals surface area (Å²) < 4.78 is 5.22. The first-order valence-corrected chi connectivity index (χ1v) is 7.23. The zero-order chi connectivity index (χ0) is 16.8. The number of ether oxygens (including phenoxy) is 1. The van der Waals surface area contributed by atoms with Gasteiger partial charge in [0.15, 0.2) is 5.88 Å². The van der Waals surface area contributed by atoms with E-state index in [9.17, 15) is 15.2 Å². The van der Waals surface area contributed by atoms with E-state index in [0.29, 0.717) is 16.3 Å². The molecule has 0 saturated carbocycles. The van der Waals surface area contributed by atoms with Crippen molar-refractivity contribution in [2.24, 2.45) is 0 Å². The number of non-ortho nitro benzene ring substituents is 1. The lowest BCUT2D eigenvalue weighted by Gasteiger charge is -2.02. The minimum absolute atomic E-state index is 0.0527. The van der Waals surface area contributed by atoms with Crippen LogP contribution in [0, 0.1) is 10.1 Å². The number of nitro benzene ring substituents is 1. The van der Waals surface area contributed by atoms with Gasteiger partial charge in [-0.15, -0.1) is 0 Å². The fraction of sp³-hybridized carbons (Fsp3) is 0.0588. The highest BCUT2D eigenvalue weighted by Crippen LogP contribution is 2.39. The second-order valence-electron chi connectivity index (χ2n) is 5.45. The summed E-state index contributed by atoms with van der Waals surface area (Å²) in [6, 6.07) is 10.6. The van der Waals surface area contributed by atoms with E-state index < -0.39 is 4.92 Å². The number of H-pyrrole nitrogens is 2. The van der Waals surface area contributed by atoms with E-state index in [4.69, 9.17) is 4.74 Å². The lowest BCUT2D eigenvalue weighted by atomic mass is 10.0. The Morgan fingerprint density at radius 1 is 1.21 bits per heavy atom. The summed E-state index contributed by atoms with van der Waals surface area (Å²) in [5.74, 6) is 0.645. The number of rotatable bonds is 3. The monoisotopic (exact) mass is 323 g/mol. The zero-order valence-corrected chi connectivity index (χ0v) is 12.7. The van der Waals surface area contributed by atoms with Crippen LogP contribution in [0.4, 0.5) is 5.69 Å². The maximum Gasteiger partial charge on any atom is 0.278 e. The molecule has 0 spiro atoms. The first-order chi connectivity index (χ1) is 11.6. The highest BCUT2D eigenvalue weighted by atomic mass is 16.6. The average Bonchev–Trinajstić information content (AvgIpc) is 3.17. The van der Waals surface area contributed by atoms with Crippen LogP contribution in [0.1, 0.15) is 0 Å². The minimum Gasteiger partial charge on any atom is -0.497 e. The molecule has 7 heteroatoms. The second-order valence-corrected chi connectivity index (χ2v) is 5.45. The van der Waals surface area contributed by atoms with Crippen LogP contribution in [0.5, 0.6) is 11.6 Å². The van der Waals surface area contributed by atoms with Crippen molar-refractivity contribution in [3.63, 3.8) is 0 Å². The standard InChI is InChI=1S/C17H13N3O4/c1-24-10-2-4-13-9(6-10)7-14(19-13)11-3-5-15(20(22)23)12-8-18-17(21)16(11)12/h2-8,18-19,21H,1H3. The van der Waals surface area contributed by atoms with Crippen molar-refractivity contribution in [3.8, 4) is 22.9 Å². The van der Waals surface area contributed by atoms with E-state index in [1.54, 1.807) is 13.2 Å². The van der Waals surface area contributed by atoms with Gasteiger partial charge in [0.2, 0.25) is 0 Å². The van der Waals surface area contributed by atoms with Crippen LogP contribution in [-0.2, 0) is 0 Å². The number of hydrogen-bond acceptors (Lipinski definition) is 4. The second kappa shape index (κ2) is 5.02. The smallest absolute Gasteiger partial charge is 0.278 e. The van der Waals surface area contributed by atoms with Gasteiger partial charge >= 0.3 is 0 Å². The third-order valence-corrected chi connectivity index (χ3v) is 4.13. The Labute approximate surface area is 135 Å². The van der Waals surface area contributed by atoms with Crippen molar-refractivity contribution in [1.29, 1.82) is 0 Å². The third kappa shape index (κ3) is 1.98. The van der Waals surface area contributed by atoms with Crippen LogP contribution in [0.25, 0.3) is 32.9 Å². The van der Waals surface area contributed by atoms with Gasteiger partial charge in [0.05, 0.1) is 22.8 Å². The molecule has 24 heavy (non-hydrogen) atoms. The van der Waals surface area contributed by atoms with Gasteiger partial charge in [-0.1, -0.05) is 0 Å². The summed E-state index contributed by atoms with van der Waals surface area (Å²) >= 11 is 0. The number of aromatic nitrogens is 2. The Morgan fingerprint density at radius 3 is 2.79 bits per heavy atom. The number of aromatic amines is 2. The Hall–Kier alpha value is -3.48. The Kier molecular flexibility index (Phi) is 2.96. The number of benzene rings is 2. The van der Waals surface area contributed by atoms with Crippen LogP contribution in [-0.4, -0.2) is 27.1 Å². The Bertz CT molecular complexity index is 1090. The van der Waals surface area contributed by atoms with Gasteiger partial charge in [0.25, 0.3) is 5.69 Å². The van der Waals surface area contributed by atoms with E-state index >= 15 is 0 Å². The van der Waals surface area contributed by atoms with Gasteiger partial charge in [-0.05, 0) is 30.3 Å². The highest BCUT2D eigenvalue weighted by Gasteiger charge is 2.20. The number of hydrogen-bond donors (Lipinski definition) is 3. The summed E-state index contributed by atoms with van der Waals surface area (Å²) in [5, 5.41) is 23.0. The van der Waals surface area contributed by atoms with Crippen molar-refractivity contribution in [2.45, 2.75) is 0 Å². The molecule has 0 bridgehead atoms. The third-order valence-electron chi connectivity index (χ3n) is 4.13. The number of nitrogens with one attached hydrogen (secondary N) is 2. The van der Waals surface area contributed by atoms with Gasteiger partial charge in [0, 0.05) is 34.4 Å². The lowest BCUT2D eigenvalue weighted by Crippen LogP contribution is -1.89. The molecule has 7 nitrogen and oxygen atoms in total. The summed E-state index contributed by atoms with van der Waals surface area (Å²) in [5.41, 5.74) is 2.30. The molecule has 3 N–H and O–H groups in total. The topological polar surface area (TPSA) is 104 Å². The summed E-state index contributed by atoms with van der Waals surface area (Å²) in [6.45, 7) is 0. The number of nitro groups is 1. The van der Waals surface area contributed by atoms with Crippen LogP contribution in [0.2, 0.25) is 0 Å². The SMILES string of the molecule is COc1ccc2[nH]c(-c3ccc([N+](=O)[O-])c4c[nH]c(O)c34)cc2c1. The molecule has 4 rings (SSSR count). The Morgan fingerprint density at radius 2 is 2.04 bits per heavy atom. The fourth-order valence-electron chi connectivity index (χ4n) is 2.99. The number of fused-ring (bicyclic) bond motifs is 2. The first-order valence-electron chi connectivity index (χ1n) is 7.23. The summed E-state index contributed by atoms with van der Waals surface area (Å²) in [6.07, 6.45) is 1.44. The number of methoxy groups -OCH3 is 1. The quantitative estimate of drug-likeness (QED) is 0.392. The predicted molar refractivity (Wildman–Crippen MR) is 90.5 cm³/mol. The molecule has 0 amide bonds. The van der Waals surface area contributed by atoms with E-state index in [1.165, 1.54) is 12.3 Å². The van der Waals surface area contributed by atoms with Crippen LogP contribution >= 0.6 is 0 Å². The van der Waals surface area contributed by atoms with Crippen molar-refractivity contribution >= 4 is 27.4 Å². The molecule has 0 aliphatic heterocycles. The minimum atomic E-state index is -0.463. The molecular formula is C17H13N3O4. The molecular weight excluding hydrogens is 310 g/mol. The summed E-state index contributed by atoms with van der Waals surface area (Å²) in [7, 11) is 1.60. The molecule has 4 aromatic rings.